The molecule has 0 amide bonds. The van der Waals surface area contributed by atoms with Crippen molar-refractivity contribution in [2.45, 2.75) is 71.1 Å². The Balaban J connectivity index is 2.73. The molecule has 1 heterocycles. The van der Waals surface area contributed by atoms with Gasteiger partial charge in [-0.05, 0) is 39.3 Å². The van der Waals surface area contributed by atoms with E-state index in [1.807, 2.05) is 0 Å². The predicted molar refractivity (Wildman–Crippen MR) is 77.9 cm³/mol. The van der Waals surface area contributed by atoms with Crippen molar-refractivity contribution < 1.29 is 5.11 Å². The largest absolute Gasteiger partial charge is 0.391 e. The van der Waals surface area contributed by atoms with E-state index in [-0.39, 0.29) is 6.10 Å². The summed E-state index contributed by atoms with van der Waals surface area (Å²) >= 11 is 0. The van der Waals surface area contributed by atoms with Crippen LogP contribution in [0.3, 0.4) is 0 Å². The lowest BCUT2D eigenvalue weighted by atomic mass is 9.99. The molecule has 3 heteroatoms. The Morgan fingerprint density at radius 3 is 2.50 bits per heavy atom. The molecule has 1 aliphatic rings. The van der Waals surface area contributed by atoms with Gasteiger partial charge in [0.15, 0.2) is 0 Å². The van der Waals surface area contributed by atoms with E-state index in [0.717, 1.165) is 32.4 Å². The van der Waals surface area contributed by atoms with Crippen molar-refractivity contribution in [3.05, 3.63) is 0 Å². The van der Waals surface area contributed by atoms with Crippen LogP contribution in [0, 0.1) is 0 Å². The smallest absolute Gasteiger partial charge is 0.0695 e. The second-order valence-corrected chi connectivity index (χ2v) is 5.75. The van der Waals surface area contributed by atoms with Crippen LogP contribution in [0.1, 0.15) is 52.9 Å². The average molecular weight is 256 g/mol. The zero-order valence-electron chi connectivity index (χ0n) is 12.7. The van der Waals surface area contributed by atoms with Gasteiger partial charge in [-0.3, -0.25) is 4.90 Å². The van der Waals surface area contributed by atoms with Crippen LogP contribution >= 0.6 is 0 Å². The fourth-order valence-electron chi connectivity index (χ4n) is 3.28. The zero-order valence-corrected chi connectivity index (χ0v) is 12.7. The highest BCUT2D eigenvalue weighted by molar-refractivity contribution is 4.86. The van der Waals surface area contributed by atoms with Crippen molar-refractivity contribution in [1.82, 2.24) is 9.80 Å². The third-order valence-electron chi connectivity index (χ3n) is 4.29. The Hall–Kier alpha value is -0.120. The summed E-state index contributed by atoms with van der Waals surface area (Å²) in [6.07, 6.45) is 5.31. The molecule has 108 valence electrons. The number of hydrogen-bond donors (Lipinski definition) is 1. The molecule has 0 aromatic carbocycles. The van der Waals surface area contributed by atoms with E-state index < -0.39 is 0 Å². The van der Waals surface area contributed by atoms with Gasteiger partial charge in [-0.15, -0.1) is 0 Å². The standard InChI is InChI=1S/C15H32N2O/c1-5-9-15(18)14(7-3)17-11-8-10-16(4)12-13(17)6-2/h13-15,18H,5-12H2,1-4H3. The third-order valence-corrected chi connectivity index (χ3v) is 4.29. The topological polar surface area (TPSA) is 26.7 Å². The quantitative estimate of drug-likeness (QED) is 0.790. The summed E-state index contributed by atoms with van der Waals surface area (Å²) in [5.74, 6) is 0. The first-order valence-electron chi connectivity index (χ1n) is 7.76. The summed E-state index contributed by atoms with van der Waals surface area (Å²) in [5, 5.41) is 10.4. The molecule has 1 rings (SSSR count). The maximum Gasteiger partial charge on any atom is 0.0695 e. The number of nitrogens with zero attached hydrogens (tertiary/aromatic N) is 2. The van der Waals surface area contributed by atoms with Crippen LogP contribution in [0.2, 0.25) is 0 Å². The van der Waals surface area contributed by atoms with Crippen LogP contribution in [0.4, 0.5) is 0 Å². The van der Waals surface area contributed by atoms with Gasteiger partial charge in [-0.1, -0.05) is 27.2 Å². The van der Waals surface area contributed by atoms with Crippen LogP contribution in [-0.4, -0.2) is 59.8 Å². The SMILES string of the molecule is CCCC(O)C(CC)N1CCCN(C)CC1CC. The molecule has 1 saturated heterocycles. The summed E-state index contributed by atoms with van der Waals surface area (Å²) in [5.41, 5.74) is 0. The van der Waals surface area contributed by atoms with Gasteiger partial charge >= 0.3 is 0 Å². The molecule has 3 atom stereocenters. The summed E-state index contributed by atoms with van der Waals surface area (Å²) in [4.78, 5) is 5.02. The van der Waals surface area contributed by atoms with Crippen LogP contribution in [-0.2, 0) is 0 Å². The van der Waals surface area contributed by atoms with E-state index in [4.69, 9.17) is 0 Å². The molecule has 1 fully saturated rings. The van der Waals surface area contributed by atoms with Crippen molar-refractivity contribution in [1.29, 1.82) is 0 Å². The number of hydrogen-bond acceptors (Lipinski definition) is 3. The number of likely N-dealkylation sites (N-methyl/N-ethyl adjacent to an activating group) is 1. The summed E-state index contributed by atoms with van der Waals surface area (Å²) in [6, 6.07) is 0.954. The average Bonchev–Trinajstić information content (AvgIpc) is 2.53. The van der Waals surface area contributed by atoms with E-state index in [0.29, 0.717) is 12.1 Å². The molecule has 1 aliphatic heterocycles. The maximum absolute atomic E-state index is 10.4. The van der Waals surface area contributed by atoms with Gasteiger partial charge in [0.25, 0.3) is 0 Å². The summed E-state index contributed by atoms with van der Waals surface area (Å²) in [7, 11) is 2.22. The molecule has 1 N–H and O–H groups in total. The van der Waals surface area contributed by atoms with Gasteiger partial charge in [0.05, 0.1) is 6.10 Å². The minimum Gasteiger partial charge on any atom is -0.391 e. The van der Waals surface area contributed by atoms with Gasteiger partial charge in [0, 0.05) is 25.2 Å². The lowest BCUT2D eigenvalue weighted by molar-refractivity contribution is 0.0168. The van der Waals surface area contributed by atoms with E-state index >= 15 is 0 Å². The van der Waals surface area contributed by atoms with Crippen molar-refractivity contribution in [2.24, 2.45) is 0 Å². The molecule has 0 radical (unpaired) electrons. The lowest BCUT2D eigenvalue weighted by Gasteiger charge is -2.39. The second kappa shape index (κ2) is 8.13. The molecule has 0 aromatic heterocycles. The minimum atomic E-state index is -0.155. The van der Waals surface area contributed by atoms with Crippen LogP contribution < -0.4 is 0 Å². The van der Waals surface area contributed by atoms with Gasteiger partial charge in [0.2, 0.25) is 0 Å². The molecule has 0 aliphatic carbocycles. The van der Waals surface area contributed by atoms with E-state index in [1.165, 1.54) is 19.4 Å². The first-order valence-corrected chi connectivity index (χ1v) is 7.76. The fraction of sp³-hybridized carbons (Fsp3) is 1.00. The molecule has 0 saturated carbocycles. The van der Waals surface area contributed by atoms with E-state index in [9.17, 15) is 5.11 Å². The Morgan fingerprint density at radius 1 is 1.22 bits per heavy atom. The molecule has 0 spiro atoms. The summed E-state index contributed by atoms with van der Waals surface area (Å²) in [6.45, 7) is 10.1. The lowest BCUT2D eigenvalue weighted by Crippen LogP contribution is -2.50. The highest BCUT2D eigenvalue weighted by Gasteiger charge is 2.30. The van der Waals surface area contributed by atoms with E-state index in [1.54, 1.807) is 0 Å². The van der Waals surface area contributed by atoms with Crippen LogP contribution in [0.15, 0.2) is 0 Å². The predicted octanol–water partition coefficient (Wildman–Crippen LogP) is 2.34. The molecular weight excluding hydrogens is 224 g/mol. The highest BCUT2D eigenvalue weighted by Crippen LogP contribution is 2.21. The van der Waals surface area contributed by atoms with Crippen LogP contribution in [0.5, 0.6) is 0 Å². The van der Waals surface area contributed by atoms with Gasteiger partial charge < -0.3 is 10.0 Å². The normalized spacial score (nSPS) is 26.8. The Bertz CT molecular complexity index is 223. The molecule has 0 aromatic rings. The molecule has 0 bridgehead atoms. The monoisotopic (exact) mass is 256 g/mol. The van der Waals surface area contributed by atoms with Crippen molar-refractivity contribution >= 4 is 0 Å². The third kappa shape index (κ3) is 4.22. The first kappa shape index (κ1) is 15.9. The fourth-order valence-corrected chi connectivity index (χ4v) is 3.28. The van der Waals surface area contributed by atoms with Gasteiger partial charge in [-0.25, -0.2) is 0 Å². The maximum atomic E-state index is 10.4. The van der Waals surface area contributed by atoms with Crippen molar-refractivity contribution in [3.63, 3.8) is 0 Å². The Labute approximate surface area is 113 Å². The molecule has 3 nitrogen and oxygen atoms in total. The van der Waals surface area contributed by atoms with Crippen molar-refractivity contribution in [2.75, 3.05) is 26.7 Å². The first-order chi connectivity index (χ1) is 8.63. The number of aliphatic hydroxyl groups is 1. The minimum absolute atomic E-state index is 0.155. The second-order valence-electron chi connectivity index (χ2n) is 5.75. The zero-order chi connectivity index (χ0) is 13.5. The number of rotatable bonds is 6. The summed E-state index contributed by atoms with van der Waals surface area (Å²) < 4.78 is 0. The Morgan fingerprint density at radius 2 is 1.94 bits per heavy atom. The molecule has 18 heavy (non-hydrogen) atoms. The van der Waals surface area contributed by atoms with Crippen molar-refractivity contribution in [3.8, 4) is 0 Å². The van der Waals surface area contributed by atoms with Gasteiger partial charge in [-0.2, -0.15) is 0 Å². The highest BCUT2D eigenvalue weighted by atomic mass is 16.3. The molecule has 3 unspecified atom stereocenters. The number of aliphatic hydroxyl groups excluding tert-OH is 1. The van der Waals surface area contributed by atoms with Crippen LogP contribution in [0.25, 0.3) is 0 Å². The molecular formula is C15H32N2O. The Kier molecular flexibility index (Phi) is 7.20. The van der Waals surface area contributed by atoms with E-state index in [2.05, 4.69) is 37.6 Å². The van der Waals surface area contributed by atoms with Gasteiger partial charge in [0.1, 0.15) is 0 Å².